The van der Waals surface area contributed by atoms with E-state index in [0.717, 1.165) is 6.54 Å². The van der Waals surface area contributed by atoms with E-state index in [4.69, 9.17) is 16.3 Å². The third-order valence-electron chi connectivity index (χ3n) is 3.18. The number of alkyl halides is 1. The summed E-state index contributed by atoms with van der Waals surface area (Å²) in [6.45, 7) is 3.28. The summed E-state index contributed by atoms with van der Waals surface area (Å²) in [5.41, 5.74) is 0. The maximum absolute atomic E-state index is 11.3. The van der Waals surface area contributed by atoms with Crippen LogP contribution >= 0.6 is 11.6 Å². The Morgan fingerprint density at radius 1 is 1.43 bits per heavy atom. The minimum atomic E-state index is -0.140. The number of rotatable bonds is 3. The summed E-state index contributed by atoms with van der Waals surface area (Å²) in [5.74, 6) is 0.818. The van der Waals surface area contributed by atoms with Crippen molar-refractivity contribution in [3.8, 4) is 0 Å². The molecule has 14 heavy (non-hydrogen) atoms. The minimum absolute atomic E-state index is 0.133. The molecule has 3 nitrogen and oxygen atoms in total. The number of hydrogen-bond donors (Lipinski definition) is 0. The lowest BCUT2D eigenvalue weighted by Gasteiger charge is -2.43. The Morgan fingerprint density at radius 2 is 2.14 bits per heavy atom. The zero-order valence-corrected chi connectivity index (χ0v) is 9.00. The van der Waals surface area contributed by atoms with Crippen molar-refractivity contribution in [2.24, 2.45) is 5.92 Å². The third-order valence-corrected chi connectivity index (χ3v) is 3.37. The quantitative estimate of drug-likeness (QED) is 0.527. The van der Waals surface area contributed by atoms with Gasteiger partial charge in [-0.3, -0.25) is 9.69 Å². The number of carbonyl (C=O) groups excluding carboxylic acids is 1. The van der Waals surface area contributed by atoms with Crippen molar-refractivity contribution >= 4 is 17.6 Å². The van der Waals surface area contributed by atoms with Crippen LogP contribution < -0.4 is 0 Å². The van der Waals surface area contributed by atoms with Crippen LogP contribution in [0.15, 0.2) is 0 Å². The molecule has 0 aromatic carbocycles. The second kappa shape index (κ2) is 4.49. The summed E-state index contributed by atoms with van der Waals surface area (Å²) in [4.78, 5) is 13.6. The highest BCUT2D eigenvalue weighted by Crippen LogP contribution is 2.29. The fraction of sp³-hybridized carbons (Fsp3) is 0.900. The number of esters is 1. The van der Waals surface area contributed by atoms with Crippen molar-refractivity contribution in [2.75, 3.05) is 25.5 Å². The fourth-order valence-corrected chi connectivity index (χ4v) is 2.50. The van der Waals surface area contributed by atoms with Gasteiger partial charge >= 0.3 is 5.97 Å². The Balaban J connectivity index is 1.83. The van der Waals surface area contributed by atoms with E-state index in [1.54, 1.807) is 0 Å². The molecule has 80 valence electrons. The summed E-state index contributed by atoms with van der Waals surface area (Å²) >= 11 is 5.48. The van der Waals surface area contributed by atoms with E-state index in [2.05, 4.69) is 4.90 Å². The highest BCUT2D eigenvalue weighted by Gasteiger charge is 2.36. The Morgan fingerprint density at radius 3 is 2.64 bits per heavy atom. The Bertz CT molecular complexity index is 214. The molecule has 1 atom stereocenters. The topological polar surface area (TPSA) is 29.5 Å². The Labute approximate surface area is 89.4 Å². The van der Waals surface area contributed by atoms with Gasteiger partial charge in [0.25, 0.3) is 0 Å². The molecule has 2 bridgehead atoms. The van der Waals surface area contributed by atoms with Gasteiger partial charge in [-0.15, -0.1) is 11.6 Å². The third kappa shape index (κ3) is 2.20. The van der Waals surface area contributed by atoms with Gasteiger partial charge in [-0.1, -0.05) is 0 Å². The van der Waals surface area contributed by atoms with E-state index in [-0.39, 0.29) is 12.1 Å². The molecule has 3 saturated heterocycles. The molecule has 0 aromatic rings. The van der Waals surface area contributed by atoms with Gasteiger partial charge in [0.15, 0.2) is 0 Å². The predicted octanol–water partition coefficient (Wildman–Crippen LogP) is 1.25. The van der Waals surface area contributed by atoms with Crippen LogP contribution in [0.1, 0.15) is 19.3 Å². The van der Waals surface area contributed by atoms with Crippen molar-refractivity contribution in [2.45, 2.75) is 25.4 Å². The van der Waals surface area contributed by atoms with Gasteiger partial charge in [0.2, 0.25) is 0 Å². The number of fused-ring (bicyclic) bond motifs is 3. The molecule has 0 aromatic heterocycles. The van der Waals surface area contributed by atoms with Gasteiger partial charge < -0.3 is 4.74 Å². The van der Waals surface area contributed by atoms with Gasteiger partial charge in [0.1, 0.15) is 6.10 Å². The average molecular weight is 218 g/mol. The van der Waals surface area contributed by atoms with Gasteiger partial charge in [-0.2, -0.15) is 0 Å². The Kier molecular flexibility index (Phi) is 3.29. The van der Waals surface area contributed by atoms with Crippen LogP contribution in [-0.4, -0.2) is 42.5 Å². The molecule has 3 heterocycles. The molecular weight excluding hydrogens is 202 g/mol. The van der Waals surface area contributed by atoms with E-state index in [1.165, 1.54) is 25.9 Å². The van der Waals surface area contributed by atoms with Crippen LogP contribution in [-0.2, 0) is 9.53 Å². The van der Waals surface area contributed by atoms with Crippen molar-refractivity contribution in [3.05, 3.63) is 0 Å². The molecule has 3 fully saturated rings. The maximum atomic E-state index is 11.3. The van der Waals surface area contributed by atoms with Gasteiger partial charge in [0, 0.05) is 12.4 Å². The molecular formula is C10H16ClNO2. The fourth-order valence-electron chi connectivity index (χ4n) is 2.35. The summed E-state index contributed by atoms with van der Waals surface area (Å²) in [6.07, 6.45) is 2.83. The van der Waals surface area contributed by atoms with E-state index in [9.17, 15) is 4.79 Å². The van der Waals surface area contributed by atoms with Gasteiger partial charge in [0.05, 0.1) is 6.42 Å². The Hall–Kier alpha value is -0.280. The molecule has 0 N–H and O–H groups in total. The van der Waals surface area contributed by atoms with Crippen molar-refractivity contribution in [1.29, 1.82) is 0 Å². The van der Waals surface area contributed by atoms with Crippen LogP contribution in [0.25, 0.3) is 0 Å². The van der Waals surface area contributed by atoms with Crippen molar-refractivity contribution in [3.63, 3.8) is 0 Å². The van der Waals surface area contributed by atoms with Gasteiger partial charge in [-0.25, -0.2) is 0 Å². The van der Waals surface area contributed by atoms with Crippen molar-refractivity contribution in [1.82, 2.24) is 4.90 Å². The van der Waals surface area contributed by atoms with Crippen LogP contribution in [0.3, 0.4) is 0 Å². The highest BCUT2D eigenvalue weighted by molar-refractivity contribution is 6.18. The molecule has 3 aliphatic heterocycles. The highest BCUT2D eigenvalue weighted by atomic mass is 35.5. The lowest BCUT2D eigenvalue weighted by atomic mass is 9.86. The van der Waals surface area contributed by atoms with Crippen LogP contribution in [0, 0.1) is 5.92 Å². The first-order chi connectivity index (χ1) is 6.79. The molecule has 0 spiro atoms. The standard InChI is InChI=1S/C10H16ClNO2/c11-4-1-10(13)14-9-7-12-5-2-8(9)3-6-12/h8-9H,1-7H2. The van der Waals surface area contributed by atoms with E-state index in [1.807, 2.05) is 0 Å². The normalized spacial score (nSPS) is 35.6. The SMILES string of the molecule is O=C(CCCl)OC1CN2CCC1CC2. The maximum Gasteiger partial charge on any atom is 0.307 e. The first-order valence-corrected chi connectivity index (χ1v) is 5.81. The lowest BCUT2D eigenvalue weighted by molar-refractivity contribution is -0.158. The summed E-state index contributed by atoms with van der Waals surface area (Å²) in [6, 6.07) is 0. The number of carbonyl (C=O) groups is 1. The zero-order chi connectivity index (χ0) is 9.97. The van der Waals surface area contributed by atoms with Gasteiger partial charge in [-0.05, 0) is 31.8 Å². The summed E-state index contributed by atoms with van der Waals surface area (Å²) in [5, 5.41) is 0. The number of hydrogen-bond acceptors (Lipinski definition) is 3. The lowest BCUT2D eigenvalue weighted by Crippen LogP contribution is -2.51. The van der Waals surface area contributed by atoms with Crippen LogP contribution in [0.4, 0.5) is 0 Å². The van der Waals surface area contributed by atoms with Crippen LogP contribution in [0.2, 0.25) is 0 Å². The van der Waals surface area contributed by atoms with Crippen molar-refractivity contribution < 1.29 is 9.53 Å². The summed E-state index contributed by atoms with van der Waals surface area (Å²) < 4.78 is 5.40. The molecule has 3 aliphatic rings. The monoisotopic (exact) mass is 217 g/mol. The first kappa shape index (κ1) is 10.2. The van der Waals surface area contributed by atoms with E-state index in [0.29, 0.717) is 18.2 Å². The zero-order valence-electron chi connectivity index (χ0n) is 8.25. The summed E-state index contributed by atoms with van der Waals surface area (Å²) in [7, 11) is 0. The van der Waals surface area contributed by atoms with E-state index < -0.39 is 0 Å². The van der Waals surface area contributed by atoms with Crippen LogP contribution in [0.5, 0.6) is 0 Å². The van der Waals surface area contributed by atoms with E-state index >= 15 is 0 Å². The molecule has 0 radical (unpaired) electrons. The predicted molar refractivity (Wildman–Crippen MR) is 54.4 cm³/mol. The number of nitrogens with zero attached hydrogens (tertiary/aromatic N) is 1. The first-order valence-electron chi connectivity index (χ1n) is 5.27. The molecule has 4 heteroatoms. The second-order valence-corrected chi connectivity index (χ2v) is 4.48. The molecule has 3 rings (SSSR count). The number of piperidine rings is 3. The molecule has 0 amide bonds. The minimum Gasteiger partial charge on any atom is -0.461 e. The smallest absolute Gasteiger partial charge is 0.307 e. The molecule has 1 unspecified atom stereocenters. The number of halogens is 1. The average Bonchev–Trinajstić information content (AvgIpc) is 2.19. The largest absolute Gasteiger partial charge is 0.461 e. The number of ether oxygens (including phenoxy) is 1. The second-order valence-electron chi connectivity index (χ2n) is 4.11. The molecule has 0 aliphatic carbocycles. The molecule has 0 saturated carbocycles.